The molecule has 158 valence electrons. The minimum atomic E-state index is -0.919. The SMILES string of the molecule is CCCN1CC(OC(=O)COc2ccccc2OC)[N+]([O-])(c2nnc(SC)s2)C1. The van der Waals surface area contributed by atoms with E-state index in [1.807, 2.05) is 18.1 Å². The Kier molecular flexibility index (Phi) is 7.30. The van der Waals surface area contributed by atoms with E-state index in [4.69, 9.17) is 14.2 Å². The fourth-order valence-corrected chi connectivity index (χ4v) is 4.41. The predicted molar refractivity (Wildman–Crippen MR) is 112 cm³/mol. The number of carbonyl (C=O) groups excluding carboxylic acids is 1. The lowest BCUT2D eigenvalue weighted by Crippen LogP contribution is -2.51. The van der Waals surface area contributed by atoms with Gasteiger partial charge in [0.2, 0.25) is 0 Å². The van der Waals surface area contributed by atoms with Crippen LogP contribution in [-0.4, -0.2) is 67.0 Å². The van der Waals surface area contributed by atoms with E-state index in [0.29, 0.717) is 22.4 Å². The number of nitrogens with zero attached hydrogens (tertiary/aromatic N) is 4. The second-order valence-corrected chi connectivity index (χ2v) is 8.46. The van der Waals surface area contributed by atoms with Gasteiger partial charge in [0.15, 0.2) is 22.4 Å². The Balaban J connectivity index is 1.69. The molecule has 9 nitrogen and oxygen atoms in total. The molecular weight excluding hydrogens is 416 g/mol. The summed E-state index contributed by atoms with van der Waals surface area (Å²) in [6.07, 6.45) is 1.85. The average Bonchev–Trinajstić information content (AvgIpc) is 3.33. The number of esters is 1. The number of hydrogen-bond acceptors (Lipinski definition) is 10. The Morgan fingerprint density at radius 2 is 2.14 bits per heavy atom. The number of carbonyl (C=O) groups is 1. The zero-order valence-corrected chi connectivity index (χ0v) is 18.2. The summed E-state index contributed by atoms with van der Waals surface area (Å²) in [7, 11) is 1.52. The van der Waals surface area contributed by atoms with Gasteiger partial charge in [-0.2, -0.15) is 0 Å². The van der Waals surface area contributed by atoms with Crippen LogP contribution in [0.25, 0.3) is 0 Å². The van der Waals surface area contributed by atoms with Crippen molar-refractivity contribution in [3.8, 4) is 11.5 Å². The van der Waals surface area contributed by atoms with Crippen LogP contribution in [-0.2, 0) is 9.53 Å². The maximum atomic E-state index is 13.6. The average molecular weight is 441 g/mol. The fraction of sp³-hybridized carbons (Fsp3) is 0.500. The highest BCUT2D eigenvalue weighted by molar-refractivity contribution is 8.00. The molecule has 0 radical (unpaired) electrons. The van der Waals surface area contributed by atoms with E-state index in [0.717, 1.165) is 13.0 Å². The van der Waals surface area contributed by atoms with Crippen LogP contribution >= 0.6 is 23.1 Å². The van der Waals surface area contributed by atoms with Crippen LogP contribution in [0.1, 0.15) is 13.3 Å². The zero-order chi connectivity index (χ0) is 20.9. The molecule has 1 aliphatic heterocycles. The lowest BCUT2D eigenvalue weighted by atomic mass is 10.3. The van der Waals surface area contributed by atoms with Gasteiger partial charge in [0.1, 0.15) is 6.67 Å². The molecule has 0 N–H and O–H groups in total. The molecule has 0 saturated carbocycles. The van der Waals surface area contributed by atoms with Crippen LogP contribution in [0.3, 0.4) is 0 Å². The first-order valence-electron chi connectivity index (χ1n) is 9.14. The van der Waals surface area contributed by atoms with Crippen LogP contribution < -0.4 is 14.1 Å². The molecule has 1 aromatic heterocycles. The topological polar surface area (TPSA) is 96.8 Å². The molecule has 2 aromatic rings. The van der Waals surface area contributed by atoms with Crippen molar-refractivity contribution < 1.29 is 19.0 Å². The molecule has 1 aliphatic rings. The van der Waals surface area contributed by atoms with Crippen molar-refractivity contribution in [1.29, 1.82) is 0 Å². The zero-order valence-electron chi connectivity index (χ0n) is 16.6. The molecule has 0 spiro atoms. The van der Waals surface area contributed by atoms with Crippen molar-refractivity contribution in [3.63, 3.8) is 0 Å². The first kappa shape index (κ1) is 21.8. The van der Waals surface area contributed by atoms with Gasteiger partial charge in [-0.3, -0.25) is 4.65 Å². The summed E-state index contributed by atoms with van der Waals surface area (Å²) in [5.41, 5.74) is 0. The molecule has 1 fully saturated rings. The minimum absolute atomic E-state index is 0.169. The van der Waals surface area contributed by atoms with Gasteiger partial charge in [-0.15, -0.1) is 5.10 Å². The monoisotopic (exact) mass is 440 g/mol. The van der Waals surface area contributed by atoms with Crippen LogP contribution in [0.15, 0.2) is 28.6 Å². The van der Waals surface area contributed by atoms with E-state index in [1.165, 1.54) is 30.2 Å². The standard InChI is InChI=1S/C18H24N4O5S2/c1-4-9-21-10-15(22(24,12-21)17-19-20-18(28-3)29-17)27-16(23)11-26-14-8-6-5-7-13(14)25-2/h5-8,15H,4,9-12H2,1-3H3. The van der Waals surface area contributed by atoms with Crippen molar-refractivity contribution in [2.75, 3.05) is 39.7 Å². The highest BCUT2D eigenvalue weighted by Crippen LogP contribution is 2.36. The van der Waals surface area contributed by atoms with E-state index in [9.17, 15) is 10.0 Å². The maximum absolute atomic E-state index is 13.6. The van der Waals surface area contributed by atoms with Crippen LogP contribution in [0.4, 0.5) is 5.13 Å². The Hall–Kier alpha value is -1.92. The normalized spacial score (nSPS) is 21.9. The second-order valence-electron chi connectivity index (χ2n) is 6.45. The Morgan fingerprint density at radius 1 is 1.38 bits per heavy atom. The van der Waals surface area contributed by atoms with Crippen molar-refractivity contribution in [1.82, 2.24) is 19.7 Å². The fourth-order valence-electron chi connectivity index (χ4n) is 3.08. The summed E-state index contributed by atoms with van der Waals surface area (Å²) in [5.74, 6) is 0.331. The number of methoxy groups -OCH3 is 1. The number of rotatable bonds is 9. The second kappa shape index (κ2) is 9.72. The molecule has 3 rings (SSSR count). The quantitative estimate of drug-likeness (QED) is 0.252. The van der Waals surface area contributed by atoms with Crippen molar-refractivity contribution >= 4 is 34.2 Å². The largest absolute Gasteiger partial charge is 0.622 e. The van der Waals surface area contributed by atoms with Gasteiger partial charge in [-0.05, 0) is 36.1 Å². The third kappa shape index (κ3) is 4.98. The number of ether oxygens (including phenoxy) is 3. The van der Waals surface area contributed by atoms with Gasteiger partial charge in [0, 0.05) is 6.54 Å². The van der Waals surface area contributed by atoms with Gasteiger partial charge >= 0.3 is 11.1 Å². The van der Waals surface area contributed by atoms with E-state index >= 15 is 0 Å². The van der Waals surface area contributed by atoms with E-state index < -0.39 is 16.8 Å². The van der Waals surface area contributed by atoms with E-state index in [1.54, 1.807) is 24.3 Å². The lowest BCUT2D eigenvalue weighted by molar-refractivity contribution is -0.155. The van der Waals surface area contributed by atoms with Crippen LogP contribution in [0.5, 0.6) is 11.5 Å². The van der Waals surface area contributed by atoms with Crippen LogP contribution in [0.2, 0.25) is 0 Å². The highest BCUT2D eigenvalue weighted by atomic mass is 32.2. The first-order chi connectivity index (χ1) is 14.0. The molecule has 0 aliphatic carbocycles. The minimum Gasteiger partial charge on any atom is -0.622 e. The van der Waals surface area contributed by atoms with E-state index in [2.05, 4.69) is 10.2 Å². The van der Waals surface area contributed by atoms with Gasteiger partial charge in [-0.1, -0.05) is 35.9 Å². The van der Waals surface area contributed by atoms with Gasteiger partial charge in [-0.25, -0.2) is 9.69 Å². The summed E-state index contributed by atoms with van der Waals surface area (Å²) in [4.78, 5) is 14.4. The predicted octanol–water partition coefficient (Wildman–Crippen LogP) is 2.71. The number of aromatic nitrogens is 2. The van der Waals surface area contributed by atoms with Gasteiger partial charge in [0.05, 0.1) is 13.7 Å². The maximum Gasteiger partial charge on any atom is 0.348 e. The summed E-state index contributed by atoms with van der Waals surface area (Å²) in [6, 6.07) is 7.02. The number of quaternary nitrogens is 1. The van der Waals surface area contributed by atoms with Crippen molar-refractivity contribution in [2.24, 2.45) is 0 Å². The summed E-state index contributed by atoms with van der Waals surface area (Å²) >= 11 is 2.66. The number of para-hydroxylation sites is 2. The number of hydroxylamine groups is 2. The van der Waals surface area contributed by atoms with Crippen molar-refractivity contribution in [2.45, 2.75) is 23.9 Å². The number of benzene rings is 1. The Morgan fingerprint density at radius 3 is 2.79 bits per heavy atom. The summed E-state index contributed by atoms with van der Waals surface area (Å²) in [6.45, 7) is 2.96. The highest BCUT2D eigenvalue weighted by Gasteiger charge is 2.46. The van der Waals surface area contributed by atoms with Gasteiger partial charge in [0.25, 0.3) is 6.23 Å². The molecule has 2 unspecified atom stereocenters. The molecule has 1 saturated heterocycles. The molecule has 0 bridgehead atoms. The molecule has 0 amide bonds. The molecule has 11 heteroatoms. The third-order valence-corrected chi connectivity index (χ3v) is 6.42. The van der Waals surface area contributed by atoms with Gasteiger partial charge < -0.3 is 19.4 Å². The van der Waals surface area contributed by atoms with E-state index in [-0.39, 0.29) is 18.4 Å². The molecule has 29 heavy (non-hydrogen) atoms. The Labute approximate surface area is 177 Å². The number of thioether (sulfide) groups is 1. The van der Waals surface area contributed by atoms with Crippen LogP contribution in [0, 0.1) is 5.21 Å². The summed E-state index contributed by atoms with van der Waals surface area (Å²) < 4.78 is 16.1. The molecular formula is C18H24N4O5S2. The molecule has 2 atom stereocenters. The summed E-state index contributed by atoms with van der Waals surface area (Å²) in [5, 5.41) is 22.0. The third-order valence-electron chi connectivity index (χ3n) is 4.41. The first-order valence-corrected chi connectivity index (χ1v) is 11.2. The lowest BCUT2D eigenvalue weighted by Gasteiger charge is -2.38. The molecule has 2 heterocycles. The molecule has 1 aromatic carbocycles. The van der Waals surface area contributed by atoms with Crippen molar-refractivity contribution in [3.05, 3.63) is 29.5 Å². The number of hydrogen-bond donors (Lipinski definition) is 0. The Bertz CT molecular complexity index is 836. The smallest absolute Gasteiger partial charge is 0.348 e.